The summed E-state index contributed by atoms with van der Waals surface area (Å²) in [4.78, 5) is 11.5. The second kappa shape index (κ2) is 4.32. The van der Waals surface area contributed by atoms with Crippen molar-refractivity contribution < 1.29 is 4.74 Å². The van der Waals surface area contributed by atoms with E-state index in [-0.39, 0.29) is 11.7 Å². The number of hydrogen-bond acceptors (Lipinski definition) is 3. The molecule has 1 saturated heterocycles. The minimum absolute atomic E-state index is 0.136. The van der Waals surface area contributed by atoms with E-state index in [0.717, 1.165) is 26.1 Å². The quantitative estimate of drug-likeness (QED) is 0.750. The third-order valence-corrected chi connectivity index (χ3v) is 3.37. The lowest BCUT2D eigenvalue weighted by atomic mass is 9.93. The zero-order valence-electron chi connectivity index (χ0n) is 8.66. The molecule has 1 unspecified atom stereocenters. The Bertz CT molecular complexity index is 400. The lowest BCUT2D eigenvalue weighted by molar-refractivity contribution is 0.0507. The number of aromatic nitrogens is 3. The molecular formula is C9H15N3O2S. The summed E-state index contributed by atoms with van der Waals surface area (Å²) in [5.41, 5.74) is -0.154. The molecule has 15 heavy (non-hydrogen) atoms. The molecule has 0 aliphatic carbocycles. The van der Waals surface area contributed by atoms with E-state index >= 15 is 0 Å². The van der Waals surface area contributed by atoms with Crippen LogP contribution < -0.4 is 5.69 Å². The lowest BCUT2D eigenvalue weighted by Gasteiger charge is -2.27. The van der Waals surface area contributed by atoms with Crippen LogP contribution in [-0.4, -0.2) is 28.0 Å². The fraction of sp³-hybridized carbons (Fsp3) is 0.778. The van der Waals surface area contributed by atoms with Gasteiger partial charge in [0, 0.05) is 19.3 Å². The van der Waals surface area contributed by atoms with Gasteiger partial charge in [0.05, 0.1) is 0 Å². The summed E-state index contributed by atoms with van der Waals surface area (Å²) in [6.07, 6.45) is 1.99. The number of H-pyrrole nitrogens is 2. The van der Waals surface area contributed by atoms with E-state index in [1.54, 1.807) is 4.57 Å². The average molecular weight is 229 g/mol. The van der Waals surface area contributed by atoms with Crippen molar-refractivity contribution in [2.45, 2.75) is 25.8 Å². The SMILES string of the molecule is CC(C1CCOCC1)n1c(=O)[nH][nH]c1=S. The van der Waals surface area contributed by atoms with Crippen LogP contribution in [0.1, 0.15) is 25.8 Å². The lowest BCUT2D eigenvalue weighted by Crippen LogP contribution is -2.29. The molecule has 0 spiro atoms. The number of aromatic amines is 2. The fourth-order valence-corrected chi connectivity index (χ4v) is 2.40. The maximum atomic E-state index is 11.5. The van der Waals surface area contributed by atoms with Gasteiger partial charge in [-0.05, 0) is 37.9 Å². The van der Waals surface area contributed by atoms with Crippen molar-refractivity contribution in [2.24, 2.45) is 5.92 Å². The van der Waals surface area contributed by atoms with Crippen molar-refractivity contribution in [1.29, 1.82) is 0 Å². The van der Waals surface area contributed by atoms with Gasteiger partial charge in [-0.15, -0.1) is 0 Å². The van der Waals surface area contributed by atoms with Crippen molar-refractivity contribution >= 4 is 12.2 Å². The maximum absolute atomic E-state index is 11.5. The van der Waals surface area contributed by atoms with Crippen LogP contribution in [0.4, 0.5) is 0 Å². The zero-order valence-corrected chi connectivity index (χ0v) is 9.47. The van der Waals surface area contributed by atoms with Gasteiger partial charge in [-0.25, -0.2) is 9.89 Å². The minimum atomic E-state index is -0.154. The number of ether oxygens (including phenoxy) is 1. The van der Waals surface area contributed by atoms with Crippen LogP contribution in [0.15, 0.2) is 4.79 Å². The normalized spacial score (nSPS) is 20.3. The Labute approximate surface area is 92.4 Å². The first-order valence-corrected chi connectivity index (χ1v) is 5.58. The highest BCUT2D eigenvalue weighted by Crippen LogP contribution is 2.26. The molecule has 2 N–H and O–H groups in total. The second-order valence-electron chi connectivity index (χ2n) is 3.92. The van der Waals surface area contributed by atoms with Crippen LogP contribution in [0.5, 0.6) is 0 Å². The summed E-state index contributed by atoms with van der Waals surface area (Å²) >= 11 is 5.06. The number of hydrogen-bond donors (Lipinski definition) is 2. The van der Waals surface area contributed by atoms with E-state index in [2.05, 4.69) is 10.2 Å². The summed E-state index contributed by atoms with van der Waals surface area (Å²) in [6.45, 7) is 3.60. The van der Waals surface area contributed by atoms with Gasteiger partial charge < -0.3 is 4.74 Å². The van der Waals surface area contributed by atoms with Crippen molar-refractivity contribution in [1.82, 2.24) is 14.8 Å². The van der Waals surface area contributed by atoms with Crippen LogP contribution in [0, 0.1) is 10.7 Å². The predicted octanol–water partition coefficient (Wildman–Crippen LogP) is 1.22. The van der Waals surface area contributed by atoms with Gasteiger partial charge in [0.25, 0.3) is 0 Å². The van der Waals surface area contributed by atoms with E-state index in [0.29, 0.717) is 10.7 Å². The van der Waals surface area contributed by atoms with E-state index in [1.165, 1.54) is 0 Å². The first-order chi connectivity index (χ1) is 7.20. The monoisotopic (exact) mass is 229 g/mol. The Kier molecular flexibility index (Phi) is 3.06. The first-order valence-electron chi connectivity index (χ1n) is 5.17. The largest absolute Gasteiger partial charge is 0.381 e. The Morgan fingerprint density at radius 1 is 1.47 bits per heavy atom. The number of nitrogens with zero attached hydrogens (tertiary/aromatic N) is 1. The molecule has 1 aliphatic heterocycles. The molecular weight excluding hydrogens is 214 g/mol. The summed E-state index contributed by atoms with van der Waals surface area (Å²) < 4.78 is 7.39. The van der Waals surface area contributed by atoms with Crippen LogP contribution in [-0.2, 0) is 4.74 Å². The van der Waals surface area contributed by atoms with Crippen LogP contribution >= 0.6 is 12.2 Å². The average Bonchev–Trinajstić information content (AvgIpc) is 2.59. The predicted molar refractivity (Wildman–Crippen MR) is 58.5 cm³/mol. The van der Waals surface area contributed by atoms with Gasteiger partial charge in [-0.2, -0.15) is 0 Å². The highest BCUT2D eigenvalue weighted by atomic mass is 32.1. The third-order valence-electron chi connectivity index (χ3n) is 3.07. The molecule has 2 rings (SSSR count). The molecule has 5 nitrogen and oxygen atoms in total. The van der Waals surface area contributed by atoms with Gasteiger partial charge >= 0.3 is 5.69 Å². The Morgan fingerprint density at radius 2 is 2.13 bits per heavy atom. The van der Waals surface area contributed by atoms with Gasteiger partial charge in [-0.1, -0.05) is 0 Å². The molecule has 0 amide bonds. The van der Waals surface area contributed by atoms with Gasteiger partial charge in [0.15, 0.2) is 4.77 Å². The number of nitrogens with one attached hydrogen (secondary N) is 2. The molecule has 1 atom stereocenters. The maximum Gasteiger partial charge on any atom is 0.342 e. The smallest absolute Gasteiger partial charge is 0.342 e. The molecule has 1 aliphatic rings. The van der Waals surface area contributed by atoms with Gasteiger partial charge in [0.2, 0.25) is 0 Å². The Hall–Kier alpha value is -0.880. The van der Waals surface area contributed by atoms with Crippen LogP contribution in [0.25, 0.3) is 0 Å². The Morgan fingerprint density at radius 3 is 2.67 bits per heavy atom. The van der Waals surface area contributed by atoms with Crippen LogP contribution in [0.2, 0.25) is 0 Å². The highest BCUT2D eigenvalue weighted by Gasteiger charge is 2.23. The topological polar surface area (TPSA) is 62.8 Å². The molecule has 0 aromatic carbocycles. The summed E-state index contributed by atoms with van der Waals surface area (Å²) in [6, 6.07) is 0.136. The van der Waals surface area contributed by atoms with E-state index in [4.69, 9.17) is 17.0 Å². The first kappa shape index (κ1) is 10.6. The molecule has 1 fully saturated rings. The summed E-state index contributed by atoms with van der Waals surface area (Å²) in [5.74, 6) is 0.474. The zero-order chi connectivity index (χ0) is 10.8. The van der Waals surface area contributed by atoms with Crippen molar-refractivity contribution in [3.8, 4) is 0 Å². The molecule has 2 heterocycles. The van der Waals surface area contributed by atoms with E-state index < -0.39 is 0 Å². The molecule has 0 radical (unpaired) electrons. The molecule has 6 heteroatoms. The Balaban J connectivity index is 2.23. The molecule has 1 aromatic heterocycles. The minimum Gasteiger partial charge on any atom is -0.381 e. The van der Waals surface area contributed by atoms with E-state index in [1.807, 2.05) is 6.92 Å². The third kappa shape index (κ3) is 2.05. The van der Waals surface area contributed by atoms with Crippen LogP contribution in [0.3, 0.4) is 0 Å². The molecule has 84 valence electrons. The van der Waals surface area contributed by atoms with Crippen molar-refractivity contribution in [3.63, 3.8) is 0 Å². The summed E-state index contributed by atoms with van der Waals surface area (Å²) in [5, 5.41) is 5.17. The second-order valence-corrected chi connectivity index (χ2v) is 4.31. The molecule has 1 aromatic rings. The summed E-state index contributed by atoms with van der Waals surface area (Å²) in [7, 11) is 0. The van der Waals surface area contributed by atoms with Crippen molar-refractivity contribution in [2.75, 3.05) is 13.2 Å². The number of rotatable bonds is 2. The molecule has 0 saturated carbocycles. The van der Waals surface area contributed by atoms with E-state index in [9.17, 15) is 4.79 Å². The van der Waals surface area contributed by atoms with Gasteiger partial charge in [-0.3, -0.25) is 9.67 Å². The molecule has 0 bridgehead atoms. The van der Waals surface area contributed by atoms with Gasteiger partial charge in [0.1, 0.15) is 0 Å². The fourth-order valence-electron chi connectivity index (χ4n) is 2.10. The van der Waals surface area contributed by atoms with Crippen molar-refractivity contribution in [3.05, 3.63) is 15.3 Å². The highest BCUT2D eigenvalue weighted by molar-refractivity contribution is 7.71. The standard InChI is InChI=1S/C9H15N3O2S/c1-6(7-2-4-14-5-3-7)12-8(13)10-11-9(12)15/h6-7H,2-5H2,1H3,(H,10,13)(H,11,15).